The predicted octanol–water partition coefficient (Wildman–Crippen LogP) is 3.56. The van der Waals surface area contributed by atoms with Crippen molar-refractivity contribution in [3.63, 3.8) is 0 Å². The van der Waals surface area contributed by atoms with Crippen LogP contribution in [0.3, 0.4) is 0 Å². The molecule has 10 heteroatoms. The van der Waals surface area contributed by atoms with Crippen LogP contribution in [-0.2, 0) is 18.3 Å². The van der Waals surface area contributed by atoms with Gasteiger partial charge in [-0.25, -0.2) is 15.0 Å². The molecule has 194 valence electrons. The average Bonchev–Trinajstić information content (AvgIpc) is 3.55. The number of imidazole rings is 1. The van der Waals surface area contributed by atoms with E-state index in [1.807, 2.05) is 54.4 Å². The van der Waals surface area contributed by atoms with Crippen LogP contribution in [0, 0.1) is 0 Å². The first kappa shape index (κ1) is 24.1. The molecule has 1 aliphatic rings. The van der Waals surface area contributed by atoms with Crippen molar-refractivity contribution in [1.29, 1.82) is 0 Å². The molecule has 5 aromatic rings. The highest BCUT2D eigenvalue weighted by atomic mass is 16.5. The summed E-state index contributed by atoms with van der Waals surface area (Å²) in [6, 6.07) is 14.8. The van der Waals surface area contributed by atoms with Crippen LogP contribution in [0.5, 0.6) is 5.75 Å². The Hall–Kier alpha value is -4.28. The van der Waals surface area contributed by atoms with Gasteiger partial charge in [-0.1, -0.05) is 24.3 Å². The van der Waals surface area contributed by atoms with Crippen LogP contribution in [0.15, 0.2) is 73.6 Å². The van der Waals surface area contributed by atoms with Gasteiger partial charge in [0.05, 0.1) is 49.6 Å². The fraction of sp³-hybridized carbons (Fsp3) is 0.286. The van der Waals surface area contributed by atoms with E-state index in [4.69, 9.17) is 9.47 Å². The predicted molar refractivity (Wildman–Crippen MR) is 145 cm³/mol. The molecular weight excluding hydrogens is 480 g/mol. The van der Waals surface area contributed by atoms with Crippen LogP contribution in [0.25, 0.3) is 28.2 Å². The normalized spacial score (nSPS) is 13.5. The molecule has 1 fully saturated rings. The van der Waals surface area contributed by atoms with Crippen LogP contribution >= 0.6 is 0 Å². The minimum Gasteiger partial charge on any atom is -0.493 e. The number of ether oxygens (including phenoxy) is 2. The van der Waals surface area contributed by atoms with Gasteiger partial charge >= 0.3 is 0 Å². The topological polar surface area (TPSA) is 103 Å². The number of rotatable bonds is 11. The Kier molecular flexibility index (Phi) is 6.97. The molecule has 1 aliphatic heterocycles. The van der Waals surface area contributed by atoms with E-state index in [0.717, 1.165) is 71.5 Å². The molecule has 6 rings (SSSR count). The highest BCUT2D eigenvalue weighted by Gasteiger charge is 2.16. The number of aromatic nitrogens is 6. The lowest BCUT2D eigenvalue weighted by Gasteiger charge is -2.26. The molecule has 38 heavy (non-hydrogen) atoms. The molecule has 0 bridgehead atoms. The lowest BCUT2D eigenvalue weighted by molar-refractivity contribution is -0.00522. The number of pyridine rings is 1. The number of anilines is 1. The summed E-state index contributed by atoms with van der Waals surface area (Å²) < 4.78 is 14.9. The molecule has 10 nitrogen and oxygen atoms in total. The van der Waals surface area contributed by atoms with Crippen molar-refractivity contribution in [2.75, 3.05) is 31.7 Å². The van der Waals surface area contributed by atoms with E-state index in [2.05, 4.69) is 54.9 Å². The number of nitrogens with zero attached hydrogens (tertiary/aromatic N) is 6. The summed E-state index contributed by atoms with van der Waals surface area (Å²) in [4.78, 5) is 13.5. The molecule has 0 aliphatic carbocycles. The van der Waals surface area contributed by atoms with Crippen molar-refractivity contribution < 1.29 is 9.47 Å². The zero-order valence-corrected chi connectivity index (χ0v) is 21.2. The quantitative estimate of drug-likeness (QED) is 0.260. The fourth-order valence-electron chi connectivity index (χ4n) is 4.34. The molecule has 0 unspecified atom stereocenters. The lowest BCUT2D eigenvalue weighted by atomic mass is 10.1. The molecule has 5 heterocycles. The molecular formula is C28H30N8O2. The second-order valence-electron chi connectivity index (χ2n) is 9.37. The molecule has 1 aromatic carbocycles. The zero-order valence-electron chi connectivity index (χ0n) is 21.2. The van der Waals surface area contributed by atoms with Gasteiger partial charge in [0.1, 0.15) is 23.5 Å². The van der Waals surface area contributed by atoms with E-state index < -0.39 is 0 Å². The van der Waals surface area contributed by atoms with Crippen molar-refractivity contribution in [2.24, 2.45) is 7.05 Å². The van der Waals surface area contributed by atoms with Crippen LogP contribution in [-0.4, -0.2) is 61.5 Å². The molecule has 4 aromatic heterocycles. The Morgan fingerprint density at radius 3 is 2.71 bits per heavy atom. The lowest BCUT2D eigenvalue weighted by Crippen LogP contribution is -2.46. The summed E-state index contributed by atoms with van der Waals surface area (Å²) in [6.07, 6.45) is 10.2. The highest BCUT2D eigenvalue weighted by molar-refractivity contribution is 5.64. The summed E-state index contributed by atoms with van der Waals surface area (Å²) in [7, 11) is 1.92. The maximum atomic E-state index is 5.92. The van der Waals surface area contributed by atoms with Crippen molar-refractivity contribution in [2.45, 2.75) is 19.0 Å². The Morgan fingerprint density at radius 2 is 1.92 bits per heavy atom. The second-order valence-corrected chi connectivity index (χ2v) is 9.37. The third kappa shape index (κ3) is 5.51. The van der Waals surface area contributed by atoms with Crippen molar-refractivity contribution in [3.05, 3.63) is 79.1 Å². The van der Waals surface area contributed by atoms with Gasteiger partial charge in [0.25, 0.3) is 0 Å². The van der Waals surface area contributed by atoms with E-state index in [1.165, 1.54) is 0 Å². The summed E-state index contributed by atoms with van der Waals surface area (Å²) in [6.45, 7) is 3.85. The van der Waals surface area contributed by atoms with E-state index >= 15 is 0 Å². The van der Waals surface area contributed by atoms with Crippen LogP contribution in [0.1, 0.15) is 12.0 Å². The summed E-state index contributed by atoms with van der Waals surface area (Å²) in [5.74, 6) is 1.56. The standard InChI is InChI=1S/C28H30N8O2/c1-35-16-22(14-34-35)21-5-3-20(4-6-21)13-30-27-12-25(32-19-33-27)26-15-31-28-11-24(7-9-36(26)28)38-10-2-8-29-23-17-37-18-23/h3-7,9,11-12,14-16,19,23,29H,2,8,10,13,17-18H2,1H3,(H,30,32,33). The van der Waals surface area contributed by atoms with Gasteiger partial charge in [-0.2, -0.15) is 5.10 Å². The first-order chi connectivity index (χ1) is 18.7. The van der Waals surface area contributed by atoms with Gasteiger partial charge in [-0.3, -0.25) is 9.08 Å². The average molecular weight is 511 g/mol. The molecule has 0 atom stereocenters. The number of hydrogen-bond acceptors (Lipinski definition) is 8. The van der Waals surface area contributed by atoms with Crippen LogP contribution in [0.2, 0.25) is 0 Å². The van der Waals surface area contributed by atoms with E-state index in [9.17, 15) is 0 Å². The van der Waals surface area contributed by atoms with Crippen LogP contribution in [0.4, 0.5) is 5.82 Å². The summed E-state index contributed by atoms with van der Waals surface area (Å²) >= 11 is 0. The van der Waals surface area contributed by atoms with Gasteiger partial charge in [0.2, 0.25) is 0 Å². The second kappa shape index (κ2) is 11.0. The Morgan fingerprint density at radius 1 is 1.03 bits per heavy atom. The van der Waals surface area contributed by atoms with Crippen molar-refractivity contribution in [1.82, 2.24) is 34.4 Å². The summed E-state index contributed by atoms with van der Waals surface area (Å²) in [5.41, 5.74) is 5.90. The summed E-state index contributed by atoms with van der Waals surface area (Å²) in [5, 5.41) is 11.1. The largest absolute Gasteiger partial charge is 0.493 e. The number of hydrogen-bond donors (Lipinski definition) is 2. The van der Waals surface area contributed by atoms with Crippen molar-refractivity contribution in [3.8, 4) is 28.3 Å². The third-order valence-electron chi connectivity index (χ3n) is 6.54. The SMILES string of the molecule is Cn1cc(-c2ccc(CNc3cc(-c4cnc5cc(OCCCNC6COC6)ccn45)ncn3)cc2)cn1. The third-order valence-corrected chi connectivity index (χ3v) is 6.54. The smallest absolute Gasteiger partial charge is 0.140 e. The Bertz CT molecular complexity index is 1510. The van der Waals surface area contributed by atoms with Gasteiger partial charge in [0, 0.05) is 43.7 Å². The molecule has 0 spiro atoms. The maximum absolute atomic E-state index is 5.92. The molecule has 1 saturated heterocycles. The Balaban J connectivity index is 1.06. The number of benzene rings is 1. The monoisotopic (exact) mass is 510 g/mol. The fourth-order valence-corrected chi connectivity index (χ4v) is 4.34. The maximum Gasteiger partial charge on any atom is 0.140 e. The van der Waals surface area contributed by atoms with E-state index in [1.54, 1.807) is 11.0 Å². The van der Waals surface area contributed by atoms with Gasteiger partial charge in [-0.15, -0.1) is 0 Å². The minimum absolute atomic E-state index is 0.497. The van der Waals surface area contributed by atoms with Gasteiger partial charge in [0.15, 0.2) is 0 Å². The zero-order chi connectivity index (χ0) is 25.7. The number of fused-ring (bicyclic) bond motifs is 1. The van der Waals surface area contributed by atoms with Gasteiger partial charge < -0.3 is 20.1 Å². The Labute approximate surface area is 220 Å². The van der Waals surface area contributed by atoms with Crippen LogP contribution < -0.4 is 15.4 Å². The molecule has 2 N–H and O–H groups in total. The highest BCUT2D eigenvalue weighted by Crippen LogP contribution is 2.24. The minimum atomic E-state index is 0.497. The number of aryl methyl sites for hydroxylation is 1. The molecule has 0 saturated carbocycles. The molecule has 0 amide bonds. The first-order valence-electron chi connectivity index (χ1n) is 12.8. The molecule has 0 radical (unpaired) electrons. The van der Waals surface area contributed by atoms with Crippen molar-refractivity contribution >= 4 is 11.5 Å². The van der Waals surface area contributed by atoms with E-state index in [0.29, 0.717) is 19.2 Å². The van der Waals surface area contributed by atoms with Gasteiger partial charge in [-0.05, 0) is 30.2 Å². The first-order valence-corrected chi connectivity index (χ1v) is 12.8. The number of nitrogens with one attached hydrogen (secondary N) is 2. The van der Waals surface area contributed by atoms with E-state index in [-0.39, 0.29) is 0 Å².